The molecule has 1 heterocycles. The van der Waals surface area contributed by atoms with Crippen LogP contribution >= 0.6 is 0 Å². The molecule has 3 heteroatoms. The van der Waals surface area contributed by atoms with Gasteiger partial charge in [-0.05, 0) is 49.8 Å². The highest BCUT2D eigenvalue weighted by Gasteiger charge is 2.47. The molecule has 116 valence electrons. The van der Waals surface area contributed by atoms with Crippen LogP contribution in [0, 0.1) is 5.92 Å². The summed E-state index contributed by atoms with van der Waals surface area (Å²) in [6.07, 6.45) is 7.96. The fraction of sp³-hybridized carbons (Fsp3) is 0.526. The second-order valence-corrected chi connectivity index (χ2v) is 6.95. The molecule has 2 aliphatic carbocycles. The van der Waals surface area contributed by atoms with Crippen LogP contribution < -0.4 is 5.32 Å². The summed E-state index contributed by atoms with van der Waals surface area (Å²) in [5, 5.41) is 15.9. The van der Waals surface area contributed by atoms with Crippen LogP contribution in [-0.4, -0.2) is 21.7 Å². The third kappa shape index (κ3) is 2.38. The minimum Gasteiger partial charge on any atom is -0.387 e. The van der Waals surface area contributed by atoms with Gasteiger partial charge in [-0.1, -0.05) is 37.5 Å². The molecule has 4 rings (SSSR count). The molecule has 0 aliphatic heterocycles. The highest BCUT2D eigenvalue weighted by Crippen LogP contribution is 2.44. The summed E-state index contributed by atoms with van der Waals surface area (Å²) < 4.78 is 0. The largest absolute Gasteiger partial charge is 0.387 e. The first-order valence-corrected chi connectivity index (χ1v) is 8.60. The van der Waals surface area contributed by atoms with Gasteiger partial charge in [0.05, 0.1) is 17.2 Å². The van der Waals surface area contributed by atoms with Crippen LogP contribution in [0.2, 0.25) is 0 Å². The van der Waals surface area contributed by atoms with Gasteiger partial charge in [-0.2, -0.15) is 0 Å². The molecular weight excluding hydrogens is 272 g/mol. The van der Waals surface area contributed by atoms with E-state index in [4.69, 9.17) is 4.98 Å². The van der Waals surface area contributed by atoms with Crippen molar-refractivity contribution in [3.8, 4) is 0 Å². The number of rotatable bonds is 2. The van der Waals surface area contributed by atoms with Crippen molar-refractivity contribution >= 4 is 16.7 Å². The monoisotopic (exact) mass is 296 g/mol. The summed E-state index contributed by atoms with van der Waals surface area (Å²) in [4.78, 5) is 4.72. The normalized spacial score (nSPS) is 31.7. The highest BCUT2D eigenvalue weighted by molar-refractivity contribution is 5.80. The van der Waals surface area contributed by atoms with Crippen LogP contribution in [0.5, 0.6) is 0 Å². The summed E-state index contributed by atoms with van der Waals surface area (Å²) in [5.41, 5.74) is 0.472. The van der Waals surface area contributed by atoms with Gasteiger partial charge in [-0.15, -0.1) is 0 Å². The van der Waals surface area contributed by atoms with E-state index in [1.165, 1.54) is 25.7 Å². The lowest BCUT2D eigenvalue weighted by Crippen LogP contribution is -2.56. The summed E-state index contributed by atoms with van der Waals surface area (Å²) in [5.74, 6) is 1.36. The molecule has 3 atom stereocenters. The first-order valence-electron chi connectivity index (χ1n) is 8.60. The van der Waals surface area contributed by atoms with Crippen LogP contribution in [-0.2, 0) is 0 Å². The Morgan fingerprint density at radius 3 is 2.82 bits per heavy atom. The molecule has 2 N–H and O–H groups in total. The first-order chi connectivity index (χ1) is 10.8. The van der Waals surface area contributed by atoms with Crippen LogP contribution in [0.1, 0.15) is 44.9 Å². The molecule has 0 bridgehead atoms. The zero-order valence-corrected chi connectivity index (χ0v) is 13.0. The summed E-state index contributed by atoms with van der Waals surface area (Å²) in [6.45, 7) is 0. The maximum atomic E-state index is 11.2. The lowest BCUT2D eigenvalue weighted by Gasteiger charge is -2.49. The quantitative estimate of drug-likeness (QED) is 0.876. The van der Waals surface area contributed by atoms with Crippen molar-refractivity contribution in [2.24, 2.45) is 5.92 Å². The Kier molecular flexibility index (Phi) is 3.53. The molecule has 1 aromatic carbocycles. The van der Waals surface area contributed by atoms with Gasteiger partial charge >= 0.3 is 0 Å². The number of fused-ring (bicyclic) bond motifs is 2. The molecule has 0 amide bonds. The number of para-hydroxylation sites is 1. The average molecular weight is 296 g/mol. The molecule has 3 nitrogen and oxygen atoms in total. The van der Waals surface area contributed by atoms with Gasteiger partial charge in [-0.25, -0.2) is 4.98 Å². The molecule has 2 aromatic rings. The zero-order valence-electron chi connectivity index (χ0n) is 13.0. The third-order valence-electron chi connectivity index (χ3n) is 5.66. The van der Waals surface area contributed by atoms with Gasteiger partial charge in [0.1, 0.15) is 5.82 Å². The second kappa shape index (κ2) is 5.54. The lowest BCUT2D eigenvalue weighted by atomic mass is 9.65. The molecule has 22 heavy (non-hydrogen) atoms. The van der Waals surface area contributed by atoms with E-state index in [0.29, 0.717) is 5.92 Å². The summed E-state index contributed by atoms with van der Waals surface area (Å²) in [6, 6.07) is 12.5. The van der Waals surface area contributed by atoms with Gasteiger partial charge in [0.25, 0.3) is 0 Å². The van der Waals surface area contributed by atoms with Crippen LogP contribution in [0.3, 0.4) is 0 Å². The van der Waals surface area contributed by atoms with E-state index in [0.717, 1.165) is 36.0 Å². The van der Waals surface area contributed by atoms with E-state index < -0.39 is 5.60 Å². The molecule has 0 saturated heterocycles. The molecule has 2 aliphatic rings. The predicted octanol–water partition coefficient (Wildman–Crippen LogP) is 4.12. The van der Waals surface area contributed by atoms with Crippen molar-refractivity contribution in [1.29, 1.82) is 0 Å². The number of hydrogen-bond acceptors (Lipinski definition) is 3. The molecule has 0 unspecified atom stereocenters. The van der Waals surface area contributed by atoms with E-state index in [1.54, 1.807) is 0 Å². The van der Waals surface area contributed by atoms with Crippen LogP contribution in [0.4, 0.5) is 5.82 Å². The van der Waals surface area contributed by atoms with Gasteiger partial charge in [-0.3, -0.25) is 0 Å². The van der Waals surface area contributed by atoms with Crippen molar-refractivity contribution < 1.29 is 5.11 Å². The highest BCUT2D eigenvalue weighted by atomic mass is 16.3. The Balaban J connectivity index is 1.60. The summed E-state index contributed by atoms with van der Waals surface area (Å²) in [7, 11) is 0. The number of benzene rings is 1. The van der Waals surface area contributed by atoms with Crippen LogP contribution in [0.25, 0.3) is 10.9 Å². The maximum Gasteiger partial charge on any atom is 0.126 e. The molecule has 1 aromatic heterocycles. The number of nitrogens with zero attached hydrogens (tertiary/aromatic N) is 1. The van der Waals surface area contributed by atoms with Gasteiger partial charge in [0, 0.05) is 5.39 Å². The predicted molar refractivity (Wildman–Crippen MR) is 89.9 cm³/mol. The van der Waals surface area contributed by atoms with Crippen molar-refractivity contribution in [3.05, 3.63) is 36.4 Å². The van der Waals surface area contributed by atoms with Crippen molar-refractivity contribution in [3.63, 3.8) is 0 Å². The second-order valence-electron chi connectivity index (χ2n) is 6.95. The summed E-state index contributed by atoms with van der Waals surface area (Å²) >= 11 is 0. The van der Waals surface area contributed by atoms with E-state index in [2.05, 4.69) is 17.4 Å². The van der Waals surface area contributed by atoms with Crippen molar-refractivity contribution in [2.45, 2.75) is 56.6 Å². The molecule has 0 radical (unpaired) electrons. The van der Waals surface area contributed by atoms with E-state index in [1.807, 2.05) is 24.3 Å². The first kappa shape index (κ1) is 14.0. The minimum atomic E-state index is -0.538. The fourth-order valence-corrected chi connectivity index (χ4v) is 4.45. The van der Waals surface area contributed by atoms with Crippen molar-refractivity contribution in [1.82, 2.24) is 4.98 Å². The van der Waals surface area contributed by atoms with E-state index in [-0.39, 0.29) is 6.04 Å². The Morgan fingerprint density at radius 2 is 1.86 bits per heavy atom. The molecular formula is C19H24N2O. The molecule has 2 fully saturated rings. The lowest BCUT2D eigenvalue weighted by molar-refractivity contribution is -0.0836. The SMILES string of the molecule is O[C@]12CCCC[C@@H]1CCC[C@H]2Nc1ccc2ccccc2n1. The molecule has 0 spiro atoms. The third-order valence-corrected chi connectivity index (χ3v) is 5.66. The number of pyridine rings is 1. The standard InChI is InChI=1S/C19H24N2O/c22-19-13-4-3-7-15(19)8-5-10-17(19)21-18-12-11-14-6-1-2-9-16(14)20-18/h1-2,6,9,11-12,15,17,22H,3-5,7-8,10,13H2,(H,20,21)/t15-,17-,19-/m1/s1. The van der Waals surface area contributed by atoms with Crippen LogP contribution in [0.15, 0.2) is 36.4 Å². The Labute approximate surface area is 131 Å². The van der Waals surface area contributed by atoms with Gasteiger partial charge in [0.2, 0.25) is 0 Å². The smallest absolute Gasteiger partial charge is 0.126 e. The Bertz CT molecular complexity index is 669. The Morgan fingerprint density at radius 1 is 1.00 bits per heavy atom. The number of hydrogen-bond donors (Lipinski definition) is 2. The number of anilines is 1. The maximum absolute atomic E-state index is 11.2. The topological polar surface area (TPSA) is 45.1 Å². The molecule has 2 saturated carbocycles. The van der Waals surface area contributed by atoms with Crippen molar-refractivity contribution in [2.75, 3.05) is 5.32 Å². The average Bonchev–Trinajstić information content (AvgIpc) is 2.55. The van der Waals surface area contributed by atoms with Gasteiger partial charge in [0.15, 0.2) is 0 Å². The minimum absolute atomic E-state index is 0.139. The zero-order chi connectivity index (χ0) is 15.0. The number of aliphatic hydroxyl groups is 1. The Hall–Kier alpha value is -1.61. The number of nitrogens with one attached hydrogen (secondary N) is 1. The fourth-order valence-electron chi connectivity index (χ4n) is 4.45. The van der Waals surface area contributed by atoms with E-state index in [9.17, 15) is 5.11 Å². The van der Waals surface area contributed by atoms with Gasteiger partial charge < -0.3 is 10.4 Å². The number of aromatic nitrogens is 1. The van der Waals surface area contributed by atoms with E-state index >= 15 is 0 Å².